The van der Waals surface area contributed by atoms with Crippen LogP contribution >= 0.6 is 15.9 Å². The van der Waals surface area contributed by atoms with Crippen molar-refractivity contribution in [3.05, 3.63) is 22.2 Å². The Morgan fingerprint density at radius 3 is 2.43 bits per heavy atom. The Morgan fingerprint density at radius 2 is 1.86 bits per heavy atom. The van der Waals surface area contributed by atoms with Crippen molar-refractivity contribution in [1.29, 1.82) is 0 Å². The molecule has 120 valence electrons. The molecule has 0 aliphatic carbocycles. The molecule has 0 aromatic heterocycles. The van der Waals surface area contributed by atoms with Crippen LogP contribution in [0.5, 0.6) is 11.5 Å². The summed E-state index contributed by atoms with van der Waals surface area (Å²) >= 11 is 3.61. The van der Waals surface area contributed by atoms with Crippen LogP contribution in [0.4, 0.5) is 0 Å². The summed E-state index contributed by atoms with van der Waals surface area (Å²) in [4.78, 5) is 0. The number of halogens is 1. The van der Waals surface area contributed by atoms with Gasteiger partial charge in [0, 0.05) is 12.6 Å². The van der Waals surface area contributed by atoms with E-state index in [-0.39, 0.29) is 0 Å². The molecule has 0 fully saturated rings. The molecular formula is C17H28BrNO2. The average Bonchev–Trinajstić information content (AvgIpc) is 2.39. The van der Waals surface area contributed by atoms with Gasteiger partial charge in [0.1, 0.15) is 0 Å². The van der Waals surface area contributed by atoms with Crippen LogP contribution in [0.15, 0.2) is 16.6 Å². The summed E-state index contributed by atoms with van der Waals surface area (Å²) in [6, 6.07) is 4.62. The van der Waals surface area contributed by atoms with E-state index in [1.54, 1.807) is 0 Å². The fourth-order valence-electron chi connectivity index (χ4n) is 1.85. The molecule has 0 unspecified atom stereocenters. The number of hydrogen-bond donors (Lipinski definition) is 1. The van der Waals surface area contributed by atoms with Gasteiger partial charge in [-0.2, -0.15) is 0 Å². The van der Waals surface area contributed by atoms with Gasteiger partial charge in [0.15, 0.2) is 11.5 Å². The van der Waals surface area contributed by atoms with E-state index in [1.165, 1.54) is 5.56 Å². The third-order valence-corrected chi connectivity index (χ3v) is 3.61. The van der Waals surface area contributed by atoms with Gasteiger partial charge in [0.2, 0.25) is 0 Å². The summed E-state index contributed by atoms with van der Waals surface area (Å²) in [5.41, 5.74) is 1.19. The molecule has 0 aliphatic heterocycles. The van der Waals surface area contributed by atoms with Crippen molar-refractivity contribution < 1.29 is 9.47 Å². The molecule has 0 bridgehead atoms. The van der Waals surface area contributed by atoms with E-state index in [0.29, 0.717) is 25.2 Å². The van der Waals surface area contributed by atoms with Crippen molar-refractivity contribution in [2.75, 3.05) is 13.2 Å². The zero-order chi connectivity index (χ0) is 15.8. The lowest BCUT2D eigenvalue weighted by Crippen LogP contribution is -2.21. The van der Waals surface area contributed by atoms with Crippen molar-refractivity contribution in [2.45, 2.75) is 53.6 Å². The Labute approximate surface area is 137 Å². The minimum Gasteiger partial charge on any atom is -0.490 e. The Bertz CT molecular complexity index is 433. The zero-order valence-electron chi connectivity index (χ0n) is 13.8. The van der Waals surface area contributed by atoms with Gasteiger partial charge in [0.05, 0.1) is 17.7 Å². The Kier molecular flexibility index (Phi) is 8.12. The smallest absolute Gasteiger partial charge is 0.175 e. The fourth-order valence-corrected chi connectivity index (χ4v) is 2.45. The summed E-state index contributed by atoms with van der Waals surface area (Å²) in [7, 11) is 0. The molecule has 4 heteroatoms. The highest BCUT2D eigenvalue weighted by molar-refractivity contribution is 9.10. The number of rotatable bonds is 9. The van der Waals surface area contributed by atoms with Crippen LogP contribution in [-0.2, 0) is 6.54 Å². The van der Waals surface area contributed by atoms with Crippen molar-refractivity contribution in [3.63, 3.8) is 0 Å². The van der Waals surface area contributed by atoms with Crippen LogP contribution in [0.3, 0.4) is 0 Å². The lowest BCUT2D eigenvalue weighted by Gasteiger charge is -2.17. The predicted octanol–water partition coefficient (Wildman–Crippen LogP) is 4.77. The maximum Gasteiger partial charge on any atom is 0.175 e. The largest absolute Gasteiger partial charge is 0.490 e. The molecule has 0 heterocycles. The standard InChI is InChI=1S/C17H28BrNO2/c1-6-20-16-10-14(11-19-13(4)5)9-15(18)17(16)21-8-7-12(2)3/h9-10,12-13,19H,6-8,11H2,1-5H3. The van der Waals surface area contributed by atoms with E-state index in [9.17, 15) is 0 Å². The van der Waals surface area contributed by atoms with Crippen LogP contribution in [0.25, 0.3) is 0 Å². The third-order valence-electron chi connectivity index (χ3n) is 3.03. The van der Waals surface area contributed by atoms with Gasteiger partial charge < -0.3 is 14.8 Å². The summed E-state index contributed by atoms with van der Waals surface area (Å²) < 4.78 is 12.6. The van der Waals surface area contributed by atoms with E-state index in [2.05, 4.69) is 61.1 Å². The van der Waals surface area contributed by atoms with E-state index >= 15 is 0 Å². The lowest BCUT2D eigenvalue weighted by atomic mass is 10.1. The summed E-state index contributed by atoms with van der Waals surface area (Å²) in [6.07, 6.45) is 1.04. The van der Waals surface area contributed by atoms with Crippen molar-refractivity contribution in [2.24, 2.45) is 5.92 Å². The van der Waals surface area contributed by atoms with Gasteiger partial charge in [-0.1, -0.05) is 27.7 Å². The first-order valence-corrected chi connectivity index (χ1v) is 8.54. The Morgan fingerprint density at radius 1 is 1.14 bits per heavy atom. The van der Waals surface area contributed by atoms with Crippen LogP contribution in [0.2, 0.25) is 0 Å². The highest BCUT2D eigenvalue weighted by atomic mass is 79.9. The highest BCUT2D eigenvalue weighted by Crippen LogP contribution is 2.37. The number of ether oxygens (including phenoxy) is 2. The molecule has 0 radical (unpaired) electrons. The minimum absolute atomic E-state index is 0.460. The first-order valence-electron chi connectivity index (χ1n) is 7.75. The van der Waals surface area contributed by atoms with E-state index in [0.717, 1.165) is 28.9 Å². The average molecular weight is 358 g/mol. The Hall–Kier alpha value is -0.740. The molecule has 0 saturated carbocycles. The third kappa shape index (κ3) is 6.70. The van der Waals surface area contributed by atoms with Crippen molar-refractivity contribution in [3.8, 4) is 11.5 Å². The molecule has 21 heavy (non-hydrogen) atoms. The van der Waals surface area contributed by atoms with Gasteiger partial charge in [-0.25, -0.2) is 0 Å². The van der Waals surface area contributed by atoms with Crippen LogP contribution in [0, 0.1) is 5.92 Å². The molecule has 1 aromatic carbocycles. The second-order valence-corrected chi connectivity index (χ2v) is 6.76. The van der Waals surface area contributed by atoms with Crippen LogP contribution in [0.1, 0.15) is 46.6 Å². The molecule has 3 nitrogen and oxygen atoms in total. The van der Waals surface area contributed by atoms with Gasteiger partial charge in [-0.15, -0.1) is 0 Å². The zero-order valence-corrected chi connectivity index (χ0v) is 15.4. The van der Waals surface area contributed by atoms with Crippen molar-refractivity contribution >= 4 is 15.9 Å². The highest BCUT2D eigenvalue weighted by Gasteiger charge is 2.12. The van der Waals surface area contributed by atoms with E-state index in [4.69, 9.17) is 9.47 Å². The molecule has 1 rings (SSSR count). The van der Waals surface area contributed by atoms with Crippen LogP contribution in [-0.4, -0.2) is 19.3 Å². The summed E-state index contributed by atoms with van der Waals surface area (Å²) in [5, 5.41) is 3.42. The summed E-state index contributed by atoms with van der Waals surface area (Å²) in [5.74, 6) is 2.26. The SMILES string of the molecule is CCOc1cc(CNC(C)C)cc(Br)c1OCCC(C)C. The molecule has 0 amide bonds. The number of nitrogens with one attached hydrogen (secondary N) is 1. The molecule has 1 aromatic rings. The summed E-state index contributed by atoms with van der Waals surface area (Å²) in [6.45, 7) is 12.8. The molecular weight excluding hydrogens is 330 g/mol. The first-order chi connectivity index (χ1) is 9.93. The van der Waals surface area contributed by atoms with Gasteiger partial charge >= 0.3 is 0 Å². The second-order valence-electron chi connectivity index (χ2n) is 5.90. The first kappa shape index (κ1) is 18.3. The minimum atomic E-state index is 0.460. The lowest BCUT2D eigenvalue weighted by molar-refractivity contribution is 0.259. The molecule has 0 saturated heterocycles. The fraction of sp³-hybridized carbons (Fsp3) is 0.647. The molecule has 0 atom stereocenters. The van der Waals surface area contributed by atoms with Crippen molar-refractivity contribution in [1.82, 2.24) is 5.32 Å². The van der Waals surface area contributed by atoms with E-state index in [1.807, 2.05) is 6.92 Å². The second kappa shape index (κ2) is 9.31. The van der Waals surface area contributed by atoms with Gasteiger partial charge in [0.25, 0.3) is 0 Å². The maximum absolute atomic E-state index is 5.92. The number of benzene rings is 1. The van der Waals surface area contributed by atoms with Crippen LogP contribution < -0.4 is 14.8 Å². The van der Waals surface area contributed by atoms with E-state index < -0.39 is 0 Å². The normalized spacial score (nSPS) is 11.2. The topological polar surface area (TPSA) is 30.5 Å². The monoisotopic (exact) mass is 357 g/mol. The number of hydrogen-bond acceptors (Lipinski definition) is 3. The molecule has 0 spiro atoms. The van der Waals surface area contributed by atoms with Gasteiger partial charge in [-0.3, -0.25) is 0 Å². The van der Waals surface area contributed by atoms with Gasteiger partial charge in [-0.05, 0) is 52.9 Å². The predicted molar refractivity (Wildman–Crippen MR) is 92.2 cm³/mol. The quantitative estimate of drug-likeness (QED) is 0.690. The molecule has 1 N–H and O–H groups in total. The maximum atomic E-state index is 5.92. The molecule has 0 aliphatic rings. The Balaban J connectivity index is 2.85.